The smallest absolute Gasteiger partial charge is 0.0790 e. The fourth-order valence-electron chi connectivity index (χ4n) is 1.15. The van der Waals surface area contributed by atoms with Crippen LogP contribution in [0.5, 0.6) is 0 Å². The average Bonchev–Trinajstić information content (AvgIpc) is 2.65. The van der Waals surface area contributed by atoms with Gasteiger partial charge >= 0.3 is 0 Å². The molecule has 4 nitrogen and oxygen atoms in total. The number of nitrogen functional groups attached to an aromatic ring is 1. The van der Waals surface area contributed by atoms with Crippen molar-refractivity contribution in [1.29, 1.82) is 0 Å². The van der Waals surface area contributed by atoms with E-state index >= 15 is 0 Å². The number of benzene rings is 1. The standard InChI is InChI=1S/C9H9ClN4.ClH/c10-7-5-12-14(6-7)9-3-1-8(13-11)2-4-9;/h1-6,13H,11H2;1H. The summed E-state index contributed by atoms with van der Waals surface area (Å²) in [6, 6.07) is 7.53. The lowest BCUT2D eigenvalue weighted by atomic mass is 10.3. The van der Waals surface area contributed by atoms with Gasteiger partial charge in [0.2, 0.25) is 0 Å². The molecule has 0 aliphatic rings. The van der Waals surface area contributed by atoms with Crippen LogP contribution in [0.25, 0.3) is 5.69 Å². The summed E-state index contributed by atoms with van der Waals surface area (Å²) in [6.07, 6.45) is 3.34. The van der Waals surface area contributed by atoms with E-state index in [4.69, 9.17) is 17.4 Å². The summed E-state index contributed by atoms with van der Waals surface area (Å²) in [4.78, 5) is 0. The van der Waals surface area contributed by atoms with Crippen molar-refractivity contribution in [2.45, 2.75) is 0 Å². The van der Waals surface area contributed by atoms with E-state index in [0.717, 1.165) is 11.4 Å². The molecule has 3 N–H and O–H groups in total. The zero-order valence-corrected chi connectivity index (χ0v) is 9.29. The van der Waals surface area contributed by atoms with Gasteiger partial charge in [-0.05, 0) is 24.3 Å². The van der Waals surface area contributed by atoms with Gasteiger partial charge in [-0.25, -0.2) is 4.68 Å². The van der Waals surface area contributed by atoms with Crippen molar-refractivity contribution >= 4 is 29.7 Å². The highest BCUT2D eigenvalue weighted by Gasteiger charge is 1.98. The minimum Gasteiger partial charge on any atom is -0.324 e. The van der Waals surface area contributed by atoms with Gasteiger partial charge in [0.05, 0.1) is 16.9 Å². The van der Waals surface area contributed by atoms with Gasteiger partial charge in [0, 0.05) is 11.9 Å². The van der Waals surface area contributed by atoms with Crippen molar-refractivity contribution < 1.29 is 0 Å². The summed E-state index contributed by atoms with van der Waals surface area (Å²) in [6.45, 7) is 0. The third-order valence-corrected chi connectivity index (χ3v) is 2.04. The molecule has 0 saturated heterocycles. The van der Waals surface area contributed by atoms with Crippen molar-refractivity contribution in [3.05, 3.63) is 41.7 Å². The third-order valence-electron chi connectivity index (χ3n) is 1.85. The van der Waals surface area contributed by atoms with E-state index < -0.39 is 0 Å². The largest absolute Gasteiger partial charge is 0.324 e. The van der Waals surface area contributed by atoms with Crippen molar-refractivity contribution in [1.82, 2.24) is 9.78 Å². The Kier molecular flexibility index (Phi) is 3.96. The van der Waals surface area contributed by atoms with Gasteiger partial charge in [-0.1, -0.05) is 11.6 Å². The summed E-state index contributed by atoms with van der Waals surface area (Å²) in [5, 5.41) is 4.69. The quantitative estimate of drug-likeness (QED) is 0.630. The van der Waals surface area contributed by atoms with Crippen LogP contribution in [-0.4, -0.2) is 9.78 Å². The van der Waals surface area contributed by atoms with Crippen LogP contribution >= 0.6 is 24.0 Å². The van der Waals surface area contributed by atoms with E-state index in [9.17, 15) is 0 Å². The van der Waals surface area contributed by atoms with Crippen LogP contribution in [0.4, 0.5) is 5.69 Å². The first-order chi connectivity index (χ1) is 6.79. The van der Waals surface area contributed by atoms with Crippen molar-refractivity contribution in [2.24, 2.45) is 5.84 Å². The Morgan fingerprint density at radius 2 is 1.93 bits per heavy atom. The van der Waals surface area contributed by atoms with E-state index in [1.807, 2.05) is 24.3 Å². The topological polar surface area (TPSA) is 55.9 Å². The number of anilines is 1. The van der Waals surface area contributed by atoms with Gasteiger partial charge in [-0.2, -0.15) is 5.10 Å². The van der Waals surface area contributed by atoms with Crippen LogP contribution in [0.15, 0.2) is 36.7 Å². The van der Waals surface area contributed by atoms with Gasteiger partial charge in [0.15, 0.2) is 0 Å². The molecule has 1 heterocycles. The molecule has 0 fully saturated rings. The predicted octanol–water partition coefficient (Wildman–Crippen LogP) is 2.23. The highest BCUT2D eigenvalue weighted by Crippen LogP contribution is 2.14. The molecule has 15 heavy (non-hydrogen) atoms. The Balaban J connectivity index is 0.00000112. The molecule has 0 radical (unpaired) electrons. The number of hydrogen-bond acceptors (Lipinski definition) is 3. The second-order valence-corrected chi connectivity index (χ2v) is 3.23. The number of halogens is 2. The molecule has 0 aliphatic carbocycles. The Hall–Kier alpha value is -1.23. The highest BCUT2D eigenvalue weighted by molar-refractivity contribution is 6.30. The first-order valence-electron chi connectivity index (χ1n) is 4.07. The van der Waals surface area contributed by atoms with Gasteiger partial charge in [0.1, 0.15) is 0 Å². The molecular formula is C9H10Cl2N4. The van der Waals surface area contributed by atoms with Gasteiger partial charge < -0.3 is 5.43 Å². The monoisotopic (exact) mass is 244 g/mol. The molecule has 0 saturated carbocycles. The minimum absolute atomic E-state index is 0. The molecule has 1 aromatic heterocycles. The van der Waals surface area contributed by atoms with Crippen LogP contribution in [0.1, 0.15) is 0 Å². The summed E-state index contributed by atoms with van der Waals surface area (Å²) in [5.74, 6) is 5.25. The first kappa shape index (κ1) is 11.8. The summed E-state index contributed by atoms with van der Waals surface area (Å²) in [7, 11) is 0. The molecule has 0 atom stereocenters. The Bertz CT molecular complexity index is 424. The molecular weight excluding hydrogens is 235 g/mol. The van der Waals surface area contributed by atoms with E-state index in [0.29, 0.717) is 5.02 Å². The van der Waals surface area contributed by atoms with E-state index in [1.165, 1.54) is 0 Å². The summed E-state index contributed by atoms with van der Waals surface area (Å²) >= 11 is 5.75. The van der Waals surface area contributed by atoms with Gasteiger partial charge in [-0.3, -0.25) is 5.84 Å². The minimum atomic E-state index is 0. The van der Waals surface area contributed by atoms with Crippen LogP contribution in [0.3, 0.4) is 0 Å². The number of nitrogens with two attached hydrogens (primary N) is 1. The fourth-order valence-corrected chi connectivity index (χ4v) is 1.29. The summed E-state index contributed by atoms with van der Waals surface area (Å²) < 4.78 is 1.70. The highest BCUT2D eigenvalue weighted by atomic mass is 35.5. The summed E-state index contributed by atoms with van der Waals surface area (Å²) in [5.41, 5.74) is 4.35. The Morgan fingerprint density at radius 3 is 2.40 bits per heavy atom. The second-order valence-electron chi connectivity index (χ2n) is 2.79. The van der Waals surface area contributed by atoms with Crippen LogP contribution in [-0.2, 0) is 0 Å². The van der Waals surface area contributed by atoms with Gasteiger partial charge in [-0.15, -0.1) is 12.4 Å². The molecule has 1 aromatic carbocycles. The van der Waals surface area contributed by atoms with E-state index in [1.54, 1.807) is 17.1 Å². The maximum Gasteiger partial charge on any atom is 0.0790 e. The number of nitrogens with zero attached hydrogens (tertiary/aromatic N) is 2. The van der Waals surface area contributed by atoms with E-state index in [-0.39, 0.29) is 12.4 Å². The SMILES string of the molecule is Cl.NNc1ccc(-n2cc(Cl)cn2)cc1. The van der Waals surface area contributed by atoms with Crippen molar-refractivity contribution in [3.63, 3.8) is 0 Å². The molecule has 0 unspecified atom stereocenters. The second kappa shape index (κ2) is 5.02. The van der Waals surface area contributed by atoms with Crippen LogP contribution in [0, 0.1) is 0 Å². The normalized spacial score (nSPS) is 9.47. The molecule has 2 rings (SSSR count). The van der Waals surface area contributed by atoms with Crippen molar-refractivity contribution in [2.75, 3.05) is 5.43 Å². The molecule has 0 bridgehead atoms. The Morgan fingerprint density at radius 1 is 1.27 bits per heavy atom. The lowest BCUT2D eigenvalue weighted by Gasteiger charge is -2.02. The number of rotatable bonds is 2. The molecule has 0 spiro atoms. The van der Waals surface area contributed by atoms with E-state index in [2.05, 4.69) is 10.5 Å². The molecule has 0 amide bonds. The molecule has 2 aromatic rings. The van der Waals surface area contributed by atoms with Crippen LogP contribution in [0.2, 0.25) is 5.02 Å². The Labute approximate surface area is 98.4 Å². The number of hydrazine groups is 1. The molecule has 6 heteroatoms. The lowest BCUT2D eigenvalue weighted by molar-refractivity contribution is 0.880. The molecule has 80 valence electrons. The number of nitrogens with one attached hydrogen (secondary N) is 1. The third kappa shape index (κ3) is 2.62. The number of aromatic nitrogens is 2. The van der Waals surface area contributed by atoms with Crippen LogP contribution < -0.4 is 11.3 Å². The number of hydrogen-bond donors (Lipinski definition) is 2. The maximum absolute atomic E-state index is 5.75. The average molecular weight is 245 g/mol. The maximum atomic E-state index is 5.75. The first-order valence-corrected chi connectivity index (χ1v) is 4.44. The lowest BCUT2D eigenvalue weighted by Crippen LogP contribution is -2.06. The molecule has 0 aliphatic heterocycles. The fraction of sp³-hybridized carbons (Fsp3) is 0. The van der Waals surface area contributed by atoms with Gasteiger partial charge in [0.25, 0.3) is 0 Å². The zero-order valence-electron chi connectivity index (χ0n) is 7.72. The predicted molar refractivity (Wildman–Crippen MR) is 63.6 cm³/mol. The zero-order chi connectivity index (χ0) is 9.97. The van der Waals surface area contributed by atoms with Crippen molar-refractivity contribution in [3.8, 4) is 5.69 Å².